The lowest BCUT2D eigenvalue weighted by molar-refractivity contribution is 0.0952. The summed E-state index contributed by atoms with van der Waals surface area (Å²) in [6.45, 7) is 1.83. The molecule has 0 aliphatic carbocycles. The molecule has 0 aromatic heterocycles. The summed E-state index contributed by atoms with van der Waals surface area (Å²) >= 11 is 5.77. The van der Waals surface area contributed by atoms with E-state index >= 15 is 0 Å². The van der Waals surface area contributed by atoms with Gasteiger partial charge in [-0.2, -0.15) is 0 Å². The molecule has 4 heteroatoms. The lowest BCUT2D eigenvalue weighted by Crippen LogP contribution is -2.30. The molecular weight excluding hydrogens is 236 g/mol. The van der Waals surface area contributed by atoms with Crippen molar-refractivity contribution < 1.29 is 4.79 Å². The number of hydrogen-bond donors (Lipinski definition) is 2. The Morgan fingerprint density at radius 3 is 2.82 bits per heavy atom. The van der Waals surface area contributed by atoms with Crippen molar-refractivity contribution in [2.24, 2.45) is 0 Å². The van der Waals surface area contributed by atoms with Crippen molar-refractivity contribution in [3.05, 3.63) is 34.9 Å². The summed E-state index contributed by atoms with van der Waals surface area (Å²) in [7, 11) is 0. The molecule has 1 aromatic carbocycles. The Labute approximate surface area is 107 Å². The number of benzene rings is 1. The first-order chi connectivity index (χ1) is 8.25. The highest BCUT2D eigenvalue weighted by Crippen LogP contribution is 2.10. The predicted molar refractivity (Wildman–Crippen MR) is 69.4 cm³/mol. The van der Waals surface area contributed by atoms with E-state index < -0.39 is 0 Å². The van der Waals surface area contributed by atoms with Crippen LogP contribution in [0.2, 0.25) is 5.02 Å². The van der Waals surface area contributed by atoms with Gasteiger partial charge in [-0.15, -0.1) is 0 Å². The van der Waals surface area contributed by atoms with Gasteiger partial charge >= 0.3 is 0 Å². The zero-order chi connectivity index (χ0) is 12.1. The van der Waals surface area contributed by atoms with Gasteiger partial charge in [0.15, 0.2) is 0 Å². The fourth-order valence-corrected chi connectivity index (χ4v) is 2.19. The molecule has 1 heterocycles. The van der Waals surface area contributed by atoms with Gasteiger partial charge in [-0.1, -0.05) is 11.6 Å². The summed E-state index contributed by atoms with van der Waals surface area (Å²) in [6.07, 6.45) is 3.46. The molecule has 2 N–H and O–H groups in total. The maximum absolute atomic E-state index is 11.8. The Bertz CT molecular complexity index is 372. The summed E-state index contributed by atoms with van der Waals surface area (Å²) in [6, 6.07) is 7.52. The van der Waals surface area contributed by atoms with Gasteiger partial charge in [0.25, 0.3) is 5.91 Å². The Balaban J connectivity index is 1.75. The molecule has 1 aromatic rings. The Morgan fingerprint density at radius 2 is 2.18 bits per heavy atom. The van der Waals surface area contributed by atoms with Crippen molar-refractivity contribution in [3.8, 4) is 0 Å². The maximum Gasteiger partial charge on any atom is 0.251 e. The van der Waals surface area contributed by atoms with Crippen LogP contribution in [0.3, 0.4) is 0 Å². The average Bonchev–Trinajstić information content (AvgIpc) is 2.83. The Hall–Kier alpha value is -1.06. The van der Waals surface area contributed by atoms with Crippen LogP contribution < -0.4 is 10.6 Å². The third-order valence-corrected chi connectivity index (χ3v) is 3.30. The summed E-state index contributed by atoms with van der Waals surface area (Å²) < 4.78 is 0. The molecule has 1 aliphatic rings. The van der Waals surface area contributed by atoms with Crippen molar-refractivity contribution in [3.63, 3.8) is 0 Å². The van der Waals surface area contributed by atoms with Gasteiger partial charge in [0, 0.05) is 23.2 Å². The highest BCUT2D eigenvalue weighted by molar-refractivity contribution is 6.30. The molecular formula is C13H17ClN2O. The zero-order valence-electron chi connectivity index (χ0n) is 9.71. The minimum atomic E-state index is -0.0281. The molecule has 1 aliphatic heterocycles. The average molecular weight is 253 g/mol. The normalized spacial score (nSPS) is 19.2. The maximum atomic E-state index is 11.8. The van der Waals surface area contributed by atoms with E-state index in [4.69, 9.17) is 11.6 Å². The number of carbonyl (C=O) groups is 1. The molecule has 92 valence electrons. The molecule has 0 saturated carbocycles. The molecule has 0 radical (unpaired) electrons. The smallest absolute Gasteiger partial charge is 0.251 e. The fraction of sp³-hybridized carbons (Fsp3) is 0.462. The van der Waals surface area contributed by atoms with Crippen LogP contribution in [0.5, 0.6) is 0 Å². The van der Waals surface area contributed by atoms with E-state index in [-0.39, 0.29) is 5.91 Å². The third-order valence-electron chi connectivity index (χ3n) is 3.05. The van der Waals surface area contributed by atoms with Crippen LogP contribution in [0.15, 0.2) is 24.3 Å². The second-order valence-electron chi connectivity index (χ2n) is 4.34. The first kappa shape index (κ1) is 12.4. The molecule has 3 nitrogen and oxygen atoms in total. The van der Waals surface area contributed by atoms with E-state index in [2.05, 4.69) is 10.6 Å². The summed E-state index contributed by atoms with van der Waals surface area (Å²) in [5, 5.41) is 6.98. The van der Waals surface area contributed by atoms with Gasteiger partial charge < -0.3 is 10.6 Å². The van der Waals surface area contributed by atoms with Crippen LogP contribution in [-0.2, 0) is 0 Å². The fourth-order valence-electron chi connectivity index (χ4n) is 2.07. The number of hydrogen-bond acceptors (Lipinski definition) is 2. The van der Waals surface area contributed by atoms with Crippen LogP contribution in [0.1, 0.15) is 29.6 Å². The molecule has 0 unspecified atom stereocenters. The van der Waals surface area contributed by atoms with Crippen LogP contribution >= 0.6 is 11.6 Å². The highest BCUT2D eigenvalue weighted by atomic mass is 35.5. The van der Waals surface area contributed by atoms with E-state index in [0.717, 1.165) is 19.5 Å². The van der Waals surface area contributed by atoms with E-state index in [1.54, 1.807) is 24.3 Å². The SMILES string of the molecule is O=C(NCC[C@@H]1CCCN1)c1ccc(Cl)cc1. The molecule has 1 atom stereocenters. The van der Waals surface area contributed by atoms with E-state index in [1.165, 1.54) is 12.8 Å². The second-order valence-corrected chi connectivity index (χ2v) is 4.78. The summed E-state index contributed by atoms with van der Waals surface area (Å²) in [5.74, 6) is -0.0281. The van der Waals surface area contributed by atoms with Gasteiger partial charge in [-0.05, 0) is 50.1 Å². The van der Waals surface area contributed by atoms with Crippen molar-refractivity contribution in [2.75, 3.05) is 13.1 Å². The number of rotatable bonds is 4. The molecule has 17 heavy (non-hydrogen) atoms. The zero-order valence-corrected chi connectivity index (χ0v) is 10.5. The lowest BCUT2D eigenvalue weighted by Gasteiger charge is -2.10. The van der Waals surface area contributed by atoms with E-state index in [1.807, 2.05) is 0 Å². The summed E-state index contributed by atoms with van der Waals surface area (Å²) in [5.41, 5.74) is 0.661. The van der Waals surface area contributed by atoms with Gasteiger partial charge in [0.1, 0.15) is 0 Å². The highest BCUT2D eigenvalue weighted by Gasteiger charge is 2.13. The van der Waals surface area contributed by atoms with Crippen LogP contribution in [0.25, 0.3) is 0 Å². The van der Waals surface area contributed by atoms with E-state index in [0.29, 0.717) is 16.6 Å². The molecule has 1 fully saturated rings. The van der Waals surface area contributed by atoms with Crippen LogP contribution in [0, 0.1) is 0 Å². The molecule has 0 spiro atoms. The number of nitrogens with one attached hydrogen (secondary N) is 2. The van der Waals surface area contributed by atoms with Gasteiger partial charge in [0.2, 0.25) is 0 Å². The lowest BCUT2D eigenvalue weighted by atomic mass is 10.1. The van der Waals surface area contributed by atoms with Crippen molar-refractivity contribution in [2.45, 2.75) is 25.3 Å². The van der Waals surface area contributed by atoms with Crippen LogP contribution in [-0.4, -0.2) is 25.0 Å². The second kappa shape index (κ2) is 6.03. The first-order valence-corrected chi connectivity index (χ1v) is 6.40. The Morgan fingerprint density at radius 1 is 1.41 bits per heavy atom. The summed E-state index contributed by atoms with van der Waals surface area (Å²) in [4.78, 5) is 11.8. The number of carbonyl (C=O) groups excluding carboxylic acids is 1. The number of halogens is 1. The van der Waals surface area contributed by atoms with Crippen molar-refractivity contribution in [1.29, 1.82) is 0 Å². The molecule has 2 rings (SSSR count). The Kier molecular flexibility index (Phi) is 4.40. The molecule has 0 bridgehead atoms. The van der Waals surface area contributed by atoms with Gasteiger partial charge in [-0.25, -0.2) is 0 Å². The first-order valence-electron chi connectivity index (χ1n) is 6.03. The quantitative estimate of drug-likeness (QED) is 0.863. The predicted octanol–water partition coefficient (Wildman–Crippen LogP) is 2.21. The topological polar surface area (TPSA) is 41.1 Å². The van der Waals surface area contributed by atoms with Crippen molar-refractivity contribution in [1.82, 2.24) is 10.6 Å². The minimum absolute atomic E-state index is 0.0281. The monoisotopic (exact) mass is 252 g/mol. The standard InChI is InChI=1S/C13H17ClN2O/c14-11-5-3-10(4-6-11)13(17)16-9-7-12-2-1-8-15-12/h3-6,12,15H,1-2,7-9H2,(H,16,17)/t12-/m0/s1. The van der Waals surface area contributed by atoms with Gasteiger partial charge in [0.05, 0.1) is 0 Å². The molecule has 1 amide bonds. The largest absolute Gasteiger partial charge is 0.352 e. The van der Waals surface area contributed by atoms with Crippen LogP contribution in [0.4, 0.5) is 0 Å². The van der Waals surface area contributed by atoms with Crippen molar-refractivity contribution >= 4 is 17.5 Å². The number of amides is 1. The molecule has 1 saturated heterocycles. The third kappa shape index (κ3) is 3.72. The minimum Gasteiger partial charge on any atom is -0.352 e. The van der Waals surface area contributed by atoms with E-state index in [9.17, 15) is 4.79 Å². The van der Waals surface area contributed by atoms with Gasteiger partial charge in [-0.3, -0.25) is 4.79 Å².